The molecule has 0 saturated heterocycles. The number of carbonyl (C=O) groups is 1. The number of nitrogens with one attached hydrogen (secondary N) is 1. The molecule has 2 atom stereocenters. The smallest absolute Gasteiger partial charge is 0.270 e. The molecule has 2 N–H and O–H groups in total. The van der Waals surface area contributed by atoms with E-state index in [-0.39, 0.29) is 37.6 Å². The van der Waals surface area contributed by atoms with Crippen LogP contribution in [0.5, 0.6) is 23.0 Å². The molecular weight excluding hydrogens is 642 g/mol. The number of hydrogen-bond acceptors (Lipinski definition) is 8. The summed E-state index contributed by atoms with van der Waals surface area (Å²) in [5, 5.41) is 13.1. The lowest BCUT2D eigenvalue weighted by molar-refractivity contribution is 0.0945. The van der Waals surface area contributed by atoms with Crippen molar-refractivity contribution in [2.24, 2.45) is 0 Å². The van der Waals surface area contributed by atoms with E-state index in [2.05, 4.69) is 17.2 Å². The van der Waals surface area contributed by atoms with E-state index < -0.39 is 15.7 Å². The molecule has 10 nitrogen and oxygen atoms in total. The van der Waals surface area contributed by atoms with E-state index in [0.29, 0.717) is 41.7 Å². The van der Waals surface area contributed by atoms with Crippen molar-refractivity contribution in [2.45, 2.75) is 51.1 Å². The number of pyridine rings is 1. The van der Waals surface area contributed by atoms with Crippen LogP contribution in [0.15, 0.2) is 66.7 Å². The van der Waals surface area contributed by atoms with Crippen LogP contribution in [0.4, 0.5) is 0 Å². The monoisotopic (exact) mass is 681 g/mol. The van der Waals surface area contributed by atoms with Crippen LogP contribution in [0, 0.1) is 11.8 Å². The molecule has 2 aliphatic heterocycles. The summed E-state index contributed by atoms with van der Waals surface area (Å²) < 4.78 is 36.8. The van der Waals surface area contributed by atoms with Gasteiger partial charge in [0.2, 0.25) is 6.79 Å². The maximum Gasteiger partial charge on any atom is 0.270 e. The van der Waals surface area contributed by atoms with E-state index in [1.807, 2.05) is 85.7 Å². The highest BCUT2D eigenvalue weighted by atomic mass is 32.2. The minimum atomic E-state index is -1.38. The zero-order chi connectivity index (χ0) is 34.7. The predicted octanol–water partition coefficient (Wildman–Crippen LogP) is 5.53. The average Bonchev–Trinajstić information content (AvgIpc) is 3.73. The number of ether oxygens (including phenoxy) is 4. The van der Waals surface area contributed by atoms with Crippen molar-refractivity contribution >= 4 is 16.9 Å². The Morgan fingerprint density at radius 2 is 1.76 bits per heavy atom. The largest absolute Gasteiger partial charge is 0.493 e. The fraction of sp³-hybridized carbons (Fsp3) is 0.316. The Balaban J connectivity index is 1.38. The number of methoxy groups -OCH3 is 2. The fourth-order valence-corrected chi connectivity index (χ4v) is 7.33. The standard InChI is InChI=1S/C38H39N3O7S/c1-38(2,3)49(44)41-22-28-20-29(37(43)39-21-26-12-14-32-34(19-26)48-23-47-32)40-36(35(28)30(41)15-16-42)27-8-6-7-24(17-27)9-10-25-11-13-31(45-4)33(18-25)46-5/h6-8,11-14,17-20,30,42H,15-16,21-23H2,1-5H3,(H,39,43)/t30-,49?/m1/s1. The van der Waals surface area contributed by atoms with E-state index in [4.69, 9.17) is 23.9 Å². The molecule has 0 saturated carbocycles. The molecule has 3 aromatic carbocycles. The molecule has 3 heterocycles. The zero-order valence-corrected chi connectivity index (χ0v) is 29.0. The van der Waals surface area contributed by atoms with Gasteiger partial charge in [-0.3, -0.25) is 4.79 Å². The molecule has 0 bridgehead atoms. The third-order valence-corrected chi connectivity index (χ3v) is 10.1. The van der Waals surface area contributed by atoms with Gasteiger partial charge in [0.25, 0.3) is 5.91 Å². The summed E-state index contributed by atoms with van der Waals surface area (Å²) in [5.41, 5.74) is 5.63. The molecular formula is C38H39N3O7S. The SMILES string of the molecule is COc1ccc(C#Cc2cccc(-c3nc(C(=O)NCc4ccc5c(c4)OCO5)cc4c3[C@@H](CCO)N(S(=O)C(C)(C)C)C4)c2)cc1OC. The molecule has 2 aliphatic rings. The lowest BCUT2D eigenvalue weighted by Gasteiger charge is -2.30. The van der Waals surface area contributed by atoms with Crippen molar-refractivity contribution in [2.75, 3.05) is 27.6 Å². The van der Waals surface area contributed by atoms with Crippen LogP contribution in [-0.2, 0) is 24.1 Å². The molecule has 0 spiro atoms. The van der Waals surface area contributed by atoms with E-state index in [9.17, 15) is 14.1 Å². The normalized spacial score (nSPS) is 15.6. The highest BCUT2D eigenvalue weighted by molar-refractivity contribution is 7.84. The second kappa shape index (κ2) is 14.3. The van der Waals surface area contributed by atoms with Crippen LogP contribution in [-0.4, -0.2) is 56.9 Å². The summed E-state index contributed by atoms with van der Waals surface area (Å²) in [5.74, 6) is 8.60. The molecule has 1 unspecified atom stereocenters. The van der Waals surface area contributed by atoms with Gasteiger partial charge in [0.1, 0.15) is 16.7 Å². The molecule has 1 aromatic heterocycles. The molecule has 0 fully saturated rings. The number of carbonyl (C=O) groups excluding carboxylic acids is 1. The van der Waals surface area contributed by atoms with Crippen LogP contribution in [0.3, 0.4) is 0 Å². The predicted molar refractivity (Wildman–Crippen MR) is 187 cm³/mol. The molecule has 6 rings (SSSR count). The molecule has 4 aromatic rings. The zero-order valence-electron chi connectivity index (χ0n) is 28.2. The molecule has 1 amide bonds. The Morgan fingerprint density at radius 1 is 1.00 bits per heavy atom. The summed E-state index contributed by atoms with van der Waals surface area (Å²) in [7, 11) is 1.78. The minimum absolute atomic E-state index is 0.101. The molecule has 0 radical (unpaired) electrons. The number of rotatable bonds is 9. The quantitative estimate of drug-likeness (QED) is 0.222. The van der Waals surface area contributed by atoms with Gasteiger partial charge in [-0.25, -0.2) is 13.5 Å². The Hall–Kier alpha value is -4.89. The van der Waals surface area contributed by atoms with Gasteiger partial charge in [-0.05, 0) is 86.8 Å². The summed E-state index contributed by atoms with van der Waals surface area (Å²) in [4.78, 5) is 18.6. The number of fused-ring (bicyclic) bond motifs is 2. The second-order valence-electron chi connectivity index (χ2n) is 12.7. The number of aliphatic hydroxyl groups excluding tert-OH is 1. The summed E-state index contributed by atoms with van der Waals surface area (Å²) in [6.45, 7) is 6.46. The Kier molecular flexibility index (Phi) is 9.92. The van der Waals surface area contributed by atoms with Gasteiger partial charge >= 0.3 is 0 Å². The van der Waals surface area contributed by atoms with Crippen molar-refractivity contribution < 1.29 is 33.1 Å². The lowest BCUT2D eigenvalue weighted by atomic mass is 9.95. The first-order valence-electron chi connectivity index (χ1n) is 15.9. The fourth-order valence-electron chi connectivity index (χ4n) is 5.93. The first kappa shape index (κ1) is 34.0. The first-order valence-corrected chi connectivity index (χ1v) is 17.0. The summed E-state index contributed by atoms with van der Waals surface area (Å²) in [6, 6.07) is 20.1. The summed E-state index contributed by atoms with van der Waals surface area (Å²) in [6.07, 6.45) is 0.359. The topological polar surface area (TPSA) is 119 Å². The van der Waals surface area contributed by atoms with Crippen LogP contribution >= 0.6 is 0 Å². The van der Waals surface area contributed by atoms with Gasteiger partial charge < -0.3 is 29.4 Å². The highest BCUT2D eigenvalue weighted by Crippen LogP contribution is 2.44. The number of aromatic nitrogens is 1. The Bertz CT molecular complexity index is 1980. The van der Waals surface area contributed by atoms with Crippen molar-refractivity contribution in [3.63, 3.8) is 0 Å². The van der Waals surface area contributed by atoms with Gasteiger partial charge in [-0.15, -0.1) is 0 Å². The number of hydrogen-bond donors (Lipinski definition) is 2. The van der Waals surface area contributed by atoms with Crippen molar-refractivity contribution in [3.05, 3.63) is 100 Å². The number of aliphatic hydroxyl groups is 1. The van der Waals surface area contributed by atoms with Crippen molar-refractivity contribution in [3.8, 4) is 46.1 Å². The Morgan fingerprint density at radius 3 is 2.49 bits per heavy atom. The third-order valence-electron chi connectivity index (χ3n) is 8.28. The summed E-state index contributed by atoms with van der Waals surface area (Å²) >= 11 is 0. The van der Waals surface area contributed by atoms with E-state index in [1.165, 1.54) is 0 Å². The van der Waals surface area contributed by atoms with Crippen LogP contribution in [0.1, 0.15) is 71.5 Å². The van der Waals surface area contributed by atoms with Crippen LogP contribution in [0.2, 0.25) is 0 Å². The van der Waals surface area contributed by atoms with Crippen molar-refractivity contribution in [1.82, 2.24) is 14.6 Å². The molecule has 49 heavy (non-hydrogen) atoms. The number of amides is 1. The second-order valence-corrected chi connectivity index (χ2v) is 14.9. The molecule has 0 aliphatic carbocycles. The third kappa shape index (κ3) is 7.27. The van der Waals surface area contributed by atoms with E-state index in [1.54, 1.807) is 20.3 Å². The van der Waals surface area contributed by atoms with Gasteiger partial charge in [0, 0.05) is 42.0 Å². The number of nitrogens with zero attached hydrogens (tertiary/aromatic N) is 2. The van der Waals surface area contributed by atoms with E-state index in [0.717, 1.165) is 33.4 Å². The maximum absolute atomic E-state index is 13.8. The van der Waals surface area contributed by atoms with Gasteiger partial charge in [-0.2, -0.15) is 0 Å². The highest BCUT2D eigenvalue weighted by Gasteiger charge is 2.40. The average molecular weight is 682 g/mol. The molecule has 11 heteroatoms. The van der Waals surface area contributed by atoms with Gasteiger partial charge in [0.05, 0.1) is 30.7 Å². The van der Waals surface area contributed by atoms with Gasteiger partial charge in [0.15, 0.2) is 23.0 Å². The minimum Gasteiger partial charge on any atom is -0.493 e. The molecule has 254 valence electrons. The van der Waals surface area contributed by atoms with Crippen LogP contribution < -0.4 is 24.3 Å². The first-order chi connectivity index (χ1) is 23.6. The maximum atomic E-state index is 13.8. The van der Waals surface area contributed by atoms with Crippen molar-refractivity contribution in [1.29, 1.82) is 0 Å². The lowest BCUT2D eigenvalue weighted by Crippen LogP contribution is -2.36. The van der Waals surface area contributed by atoms with Gasteiger partial charge in [-0.1, -0.05) is 30.0 Å². The number of benzene rings is 3. The Labute approximate surface area is 289 Å². The van der Waals surface area contributed by atoms with E-state index >= 15 is 0 Å². The van der Waals surface area contributed by atoms with Crippen LogP contribution in [0.25, 0.3) is 11.3 Å².